The highest BCUT2D eigenvalue weighted by Gasteiger charge is 2.21. The van der Waals surface area contributed by atoms with Crippen LogP contribution in [-0.2, 0) is 0 Å². The van der Waals surface area contributed by atoms with Crippen molar-refractivity contribution < 1.29 is 4.42 Å². The third-order valence-corrected chi connectivity index (χ3v) is 12.3. The average Bonchev–Trinajstić information content (AvgIpc) is 3.84. The van der Waals surface area contributed by atoms with Gasteiger partial charge in [0.25, 0.3) is 0 Å². The molecule has 260 valence electrons. The van der Waals surface area contributed by atoms with Gasteiger partial charge in [0.15, 0.2) is 17.5 Å². The number of rotatable bonds is 4. The molecule has 0 bridgehead atoms. The second-order valence-corrected chi connectivity index (χ2v) is 15.3. The van der Waals surface area contributed by atoms with Crippen LogP contribution in [0.3, 0.4) is 0 Å². The lowest BCUT2D eigenvalue weighted by Gasteiger charge is -2.13. The minimum atomic E-state index is 0.605. The smallest absolute Gasteiger partial charge is 0.165 e. The maximum absolute atomic E-state index is 6.57. The fourth-order valence-corrected chi connectivity index (χ4v) is 9.75. The highest BCUT2D eigenvalue weighted by Crippen LogP contribution is 2.43. The Hall–Kier alpha value is -7.21. The molecule has 0 amide bonds. The van der Waals surface area contributed by atoms with E-state index >= 15 is 0 Å². The Kier molecular flexibility index (Phi) is 6.76. The van der Waals surface area contributed by atoms with Gasteiger partial charge in [-0.25, -0.2) is 15.0 Å². The van der Waals surface area contributed by atoms with Gasteiger partial charge < -0.3 is 4.42 Å². The molecule has 5 heteroatoms. The molecule has 4 nitrogen and oxygen atoms in total. The molecule has 12 rings (SSSR count). The highest BCUT2D eigenvalue weighted by atomic mass is 32.1. The first kappa shape index (κ1) is 31.2. The lowest BCUT2D eigenvalue weighted by Crippen LogP contribution is -2.00. The van der Waals surface area contributed by atoms with Crippen LogP contribution < -0.4 is 0 Å². The monoisotopic (exact) mass is 731 g/mol. The van der Waals surface area contributed by atoms with Gasteiger partial charge in [-0.2, -0.15) is 0 Å². The Balaban J connectivity index is 1.11. The molecule has 3 heterocycles. The van der Waals surface area contributed by atoms with E-state index in [1.54, 1.807) is 11.3 Å². The van der Waals surface area contributed by atoms with Crippen molar-refractivity contribution in [2.24, 2.45) is 0 Å². The van der Waals surface area contributed by atoms with Crippen molar-refractivity contribution in [2.75, 3.05) is 0 Å². The van der Waals surface area contributed by atoms with Gasteiger partial charge >= 0.3 is 0 Å². The molecular formula is C51H29N3OS. The molecule has 0 spiro atoms. The zero-order valence-corrected chi connectivity index (χ0v) is 30.7. The second-order valence-electron chi connectivity index (χ2n) is 14.3. The van der Waals surface area contributed by atoms with Crippen LogP contribution in [0.15, 0.2) is 180 Å². The van der Waals surface area contributed by atoms with Gasteiger partial charge in [0, 0.05) is 47.6 Å². The van der Waals surface area contributed by atoms with Crippen molar-refractivity contribution in [1.82, 2.24) is 15.0 Å². The van der Waals surface area contributed by atoms with Crippen molar-refractivity contribution in [1.29, 1.82) is 0 Å². The number of furan rings is 1. The first-order valence-electron chi connectivity index (χ1n) is 18.8. The van der Waals surface area contributed by atoms with E-state index < -0.39 is 0 Å². The van der Waals surface area contributed by atoms with Crippen LogP contribution in [0.5, 0.6) is 0 Å². The summed E-state index contributed by atoms with van der Waals surface area (Å²) in [5, 5.41) is 11.9. The Morgan fingerprint density at radius 1 is 0.357 bits per heavy atom. The number of hydrogen-bond acceptors (Lipinski definition) is 5. The standard InChI is InChI=1S/C51H29N3OS/c1-2-13-31(14-3-1)49-52-50(54-51(53-49)40-21-10-19-38-37-18-8-9-23-46(37)56-48(38)40)39-20-11-22-45-47(39)43-28-32(25-27-44(43)55-45)41-29-42-33-15-5-4-12-30(33)24-26-36(42)34-16-6-7-17-35(34)41/h1-29H. The van der Waals surface area contributed by atoms with E-state index in [4.69, 9.17) is 19.4 Å². The Bertz CT molecular complexity index is 3550. The first-order valence-corrected chi connectivity index (χ1v) is 19.6. The molecule has 0 unspecified atom stereocenters. The molecule has 3 aromatic heterocycles. The summed E-state index contributed by atoms with van der Waals surface area (Å²) in [4.78, 5) is 15.6. The topological polar surface area (TPSA) is 51.8 Å². The van der Waals surface area contributed by atoms with Gasteiger partial charge in [-0.05, 0) is 79.8 Å². The Morgan fingerprint density at radius 2 is 1.04 bits per heavy atom. The number of benzene rings is 9. The SMILES string of the molecule is c1ccc(-c2nc(-c3cccc4c3sc3ccccc34)nc(-c3cccc4oc5ccc(-c6cc7c8ccccc8ccc7c7ccccc67)cc5c34)n2)cc1. The largest absolute Gasteiger partial charge is 0.456 e. The summed E-state index contributed by atoms with van der Waals surface area (Å²) in [6.07, 6.45) is 0. The summed E-state index contributed by atoms with van der Waals surface area (Å²) in [5.41, 5.74) is 6.74. The molecule has 0 N–H and O–H groups in total. The number of nitrogens with zero attached hydrogens (tertiary/aromatic N) is 3. The molecule has 0 saturated heterocycles. The third kappa shape index (κ3) is 4.75. The maximum atomic E-state index is 6.57. The van der Waals surface area contributed by atoms with Crippen molar-refractivity contribution in [2.45, 2.75) is 0 Å². The summed E-state index contributed by atoms with van der Waals surface area (Å²) >= 11 is 1.78. The number of hydrogen-bond donors (Lipinski definition) is 0. The molecule has 0 aliphatic carbocycles. The summed E-state index contributed by atoms with van der Waals surface area (Å²) in [6, 6.07) is 62.1. The van der Waals surface area contributed by atoms with Gasteiger partial charge in [-0.15, -0.1) is 11.3 Å². The van der Waals surface area contributed by atoms with Gasteiger partial charge in [0.05, 0.1) is 0 Å². The van der Waals surface area contributed by atoms with Crippen molar-refractivity contribution in [3.05, 3.63) is 176 Å². The third-order valence-electron chi connectivity index (χ3n) is 11.1. The molecule has 0 aliphatic heterocycles. The second kappa shape index (κ2) is 12.2. The molecule has 0 radical (unpaired) electrons. The molecule has 0 saturated carbocycles. The molecule has 12 aromatic rings. The van der Waals surface area contributed by atoms with Crippen LogP contribution in [0.2, 0.25) is 0 Å². The molecule has 0 aliphatic rings. The zero-order valence-electron chi connectivity index (χ0n) is 29.9. The van der Waals surface area contributed by atoms with Crippen LogP contribution in [0.25, 0.3) is 120 Å². The van der Waals surface area contributed by atoms with E-state index in [0.717, 1.165) is 48.9 Å². The van der Waals surface area contributed by atoms with E-state index in [2.05, 4.69) is 146 Å². The predicted molar refractivity (Wildman–Crippen MR) is 234 cm³/mol. The van der Waals surface area contributed by atoms with Crippen LogP contribution in [-0.4, -0.2) is 15.0 Å². The quantitative estimate of drug-likeness (QED) is 0.169. The van der Waals surface area contributed by atoms with E-state index in [-0.39, 0.29) is 0 Å². The number of aromatic nitrogens is 3. The van der Waals surface area contributed by atoms with Gasteiger partial charge in [-0.1, -0.05) is 140 Å². The van der Waals surface area contributed by atoms with Crippen molar-refractivity contribution in [3.63, 3.8) is 0 Å². The van der Waals surface area contributed by atoms with Crippen LogP contribution in [0.1, 0.15) is 0 Å². The van der Waals surface area contributed by atoms with E-state index in [1.807, 2.05) is 30.3 Å². The maximum Gasteiger partial charge on any atom is 0.165 e. The Labute approximate surface area is 325 Å². The van der Waals surface area contributed by atoms with Crippen molar-refractivity contribution in [3.8, 4) is 45.3 Å². The summed E-state index contributed by atoms with van der Waals surface area (Å²) in [5.74, 6) is 1.88. The number of thiophene rings is 1. The highest BCUT2D eigenvalue weighted by molar-refractivity contribution is 7.26. The van der Waals surface area contributed by atoms with Gasteiger partial charge in [-0.3, -0.25) is 0 Å². The lowest BCUT2D eigenvalue weighted by molar-refractivity contribution is 0.669. The normalized spacial score (nSPS) is 11.9. The minimum Gasteiger partial charge on any atom is -0.456 e. The molecule has 0 atom stereocenters. The Morgan fingerprint density at radius 3 is 1.93 bits per heavy atom. The van der Waals surface area contributed by atoms with Crippen LogP contribution >= 0.6 is 11.3 Å². The molecule has 56 heavy (non-hydrogen) atoms. The average molecular weight is 732 g/mol. The fraction of sp³-hybridized carbons (Fsp3) is 0. The summed E-state index contributed by atoms with van der Waals surface area (Å²) in [6.45, 7) is 0. The summed E-state index contributed by atoms with van der Waals surface area (Å²) in [7, 11) is 0. The van der Waals surface area contributed by atoms with E-state index in [1.165, 1.54) is 53.4 Å². The first-order chi connectivity index (χ1) is 27.7. The minimum absolute atomic E-state index is 0.605. The predicted octanol–water partition coefficient (Wildman–Crippen LogP) is 14.3. The molecule has 0 fully saturated rings. The number of fused-ring (bicyclic) bond motifs is 11. The molecule has 9 aromatic carbocycles. The molecular weight excluding hydrogens is 703 g/mol. The van der Waals surface area contributed by atoms with Gasteiger partial charge in [0.1, 0.15) is 11.2 Å². The zero-order chi connectivity index (χ0) is 36.7. The van der Waals surface area contributed by atoms with E-state index in [9.17, 15) is 0 Å². The van der Waals surface area contributed by atoms with E-state index in [0.29, 0.717) is 17.5 Å². The lowest BCUT2D eigenvalue weighted by atomic mass is 9.90. The summed E-state index contributed by atoms with van der Waals surface area (Å²) < 4.78 is 8.98. The van der Waals surface area contributed by atoms with Crippen LogP contribution in [0.4, 0.5) is 0 Å². The van der Waals surface area contributed by atoms with Crippen molar-refractivity contribution >= 4 is 85.8 Å². The van der Waals surface area contributed by atoms with Crippen LogP contribution in [0, 0.1) is 0 Å². The van der Waals surface area contributed by atoms with Gasteiger partial charge in [0.2, 0.25) is 0 Å². The fourth-order valence-electron chi connectivity index (χ4n) is 8.54.